The number of ether oxygens (including phenoxy) is 3. The summed E-state index contributed by atoms with van der Waals surface area (Å²) in [7, 11) is 0. The minimum Gasteiger partial charge on any atom is -0.494 e. The number of rotatable bonds is 11. The van der Waals surface area contributed by atoms with E-state index in [0.717, 1.165) is 25.0 Å². The molecule has 186 valence electrons. The molecule has 0 aliphatic rings. The van der Waals surface area contributed by atoms with Gasteiger partial charge in [-0.15, -0.1) is 0 Å². The van der Waals surface area contributed by atoms with Crippen LogP contribution in [-0.2, 0) is 6.42 Å². The summed E-state index contributed by atoms with van der Waals surface area (Å²) in [6.07, 6.45) is 6.73. The second-order valence-corrected chi connectivity index (χ2v) is 8.51. The van der Waals surface area contributed by atoms with Gasteiger partial charge in [0.15, 0.2) is 0 Å². The van der Waals surface area contributed by atoms with E-state index >= 15 is 0 Å². The number of unbranched alkanes of at least 4 members (excludes halogenated alkanes) is 3. The average molecular weight is 487 g/mol. The summed E-state index contributed by atoms with van der Waals surface area (Å²) in [6, 6.07) is 19.0. The van der Waals surface area contributed by atoms with Crippen LogP contribution in [0.5, 0.6) is 23.0 Å². The zero-order valence-corrected chi connectivity index (χ0v) is 20.6. The SMILES string of the molecule is CCCCCCOc1ccc(C(=O)Oc2ccc3c(=O)c(Oc4ccc(CC)cc4)coc3c2)cc1. The highest BCUT2D eigenvalue weighted by atomic mass is 16.5. The van der Waals surface area contributed by atoms with Gasteiger partial charge in [-0.2, -0.15) is 0 Å². The van der Waals surface area contributed by atoms with Crippen LogP contribution < -0.4 is 19.6 Å². The van der Waals surface area contributed by atoms with Crippen molar-refractivity contribution in [1.29, 1.82) is 0 Å². The number of hydrogen-bond donors (Lipinski definition) is 0. The molecule has 6 nitrogen and oxygen atoms in total. The Bertz CT molecular complexity index is 1350. The Labute approximate surface area is 210 Å². The summed E-state index contributed by atoms with van der Waals surface area (Å²) < 4.78 is 22.5. The van der Waals surface area contributed by atoms with Gasteiger partial charge in [-0.05, 0) is 66.9 Å². The molecule has 1 aromatic heterocycles. The van der Waals surface area contributed by atoms with E-state index < -0.39 is 5.97 Å². The van der Waals surface area contributed by atoms with Crippen LogP contribution in [0.3, 0.4) is 0 Å². The molecule has 0 bridgehead atoms. The zero-order valence-electron chi connectivity index (χ0n) is 20.6. The van der Waals surface area contributed by atoms with Crippen molar-refractivity contribution in [3.8, 4) is 23.0 Å². The number of esters is 1. The molecule has 0 N–H and O–H groups in total. The minimum absolute atomic E-state index is 0.0872. The molecule has 0 aliphatic heterocycles. The molecule has 3 aromatic carbocycles. The molecule has 0 saturated carbocycles. The lowest BCUT2D eigenvalue weighted by molar-refractivity contribution is 0.0735. The second-order valence-electron chi connectivity index (χ2n) is 8.51. The summed E-state index contributed by atoms with van der Waals surface area (Å²) in [4.78, 5) is 25.5. The van der Waals surface area contributed by atoms with E-state index in [-0.39, 0.29) is 16.9 Å². The van der Waals surface area contributed by atoms with Crippen LogP contribution in [0.25, 0.3) is 11.0 Å². The van der Waals surface area contributed by atoms with Crippen molar-refractivity contribution in [3.63, 3.8) is 0 Å². The van der Waals surface area contributed by atoms with Crippen LogP contribution in [0.15, 0.2) is 82.2 Å². The number of aryl methyl sites for hydroxylation is 1. The summed E-state index contributed by atoms with van der Waals surface area (Å²) in [5.74, 6) is 1.12. The Morgan fingerprint density at radius 1 is 0.833 bits per heavy atom. The van der Waals surface area contributed by atoms with Crippen LogP contribution in [0.2, 0.25) is 0 Å². The van der Waals surface area contributed by atoms with E-state index in [1.54, 1.807) is 36.4 Å². The van der Waals surface area contributed by atoms with Gasteiger partial charge in [0, 0.05) is 6.07 Å². The lowest BCUT2D eigenvalue weighted by atomic mass is 10.2. The molecule has 36 heavy (non-hydrogen) atoms. The molecule has 0 spiro atoms. The molecule has 4 aromatic rings. The quantitative estimate of drug-likeness (QED) is 0.126. The van der Waals surface area contributed by atoms with Crippen LogP contribution in [0, 0.1) is 0 Å². The maximum Gasteiger partial charge on any atom is 0.343 e. The van der Waals surface area contributed by atoms with Crippen molar-refractivity contribution >= 4 is 16.9 Å². The Balaban J connectivity index is 1.40. The van der Waals surface area contributed by atoms with E-state index in [9.17, 15) is 9.59 Å². The maximum absolute atomic E-state index is 12.9. The van der Waals surface area contributed by atoms with Crippen LogP contribution >= 0.6 is 0 Å². The molecular formula is C30H30O6. The summed E-state index contributed by atoms with van der Waals surface area (Å²) in [5.41, 5.74) is 1.56. The maximum atomic E-state index is 12.9. The van der Waals surface area contributed by atoms with E-state index in [4.69, 9.17) is 18.6 Å². The van der Waals surface area contributed by atoms with Crippen molar-refractivity contribution in [2.75, 3.05) is 6.61 Å². The highest BCUT2D eigenvalue weighted by Crippen LogP contribution is 2.25. The topological polar surface area (TPSA) is 75.0 Å². The molecule has 0 atom stereocenters. The molecule has 4 rings (SSSR count). The molecule has 6 heteroatoms. The summed E-state index contributed by atoms with van der Waals surface area (Å²) in [6.45, 7) is 4.90. The average Bonchev–Trinajstić information content (AvgIpc) is 2.91. The first-order chi connectivity index (χ1) is 17.6. The van der Waals surface area contributed by atoms with Gasteiger partial charge in [-0.25, -0.2) is 4.79 Å². The molecule has 0 aliphatic carbocycles. The fourth-order valence-electron chi connectivity index (χ4n) is 3.72. The first kappa shape index (κ1) is 25.0. The van der Waals surface area contributed by atoms with E-state index in [0.29, 0.717) is 28.9 Å². The molecule has 0 saturated heterocycles. The predicted molar refractivity (Wildman–Crippen MR) is 139 cm³/mol. The normalized spacial score (nSPS) is 10.8. The van der Waals surface area contributed by atoms with E-state index in [2.05, 4.69) is 13.8 Å². The second kappa shape index (κ2) is 12.1. The third-order valence-corrected chi connectivity index (χ3v) is 5.84. The van der Waals surface area contributed by atoms with Gasteiger partial charge in [-0.3, -0.25) is 4.79 Å². The Kier molecular flexibility index (Phi) is 8.40. The third-order valence-electron chi connectivity index (χ3n) is 5.84. The lowest BCUT2D eigenvalue weighted by Crippen LogP contribution is -2.09. The molecule has 1 heterocycles. The monoisotopic (exact) mass is 486 g/mol. The molecule has 0 unspecified atom stereocenters. The first-order valence-corrected chi connectivity index (χ1v) is 12.3. The summed E-state index contributed by atoms with van der Waals surface area (Å²) in [5, 5.41) is 0.331. The largest absolute Gasteiger partial charge is 0.494 e. The van der Waals surface area contributed by atoms with Gasteiger partial charge in [0.2, 0.25) is 11.2 Å². The van der Waals surface area contributed by atoms with Crippen molar-refractivity contribution in [2.24, 2.45) is 0 Å². The van der Waals surface area contributed by atoms with Crippen LogP contribution in [-0.4, -0.2) is 12.6 Å². The lowest BCUT2D eigenvalue weighted by Gasteiger charge is -2.09. The Morgan fingerprint density at radius 3 is 2.28 bits per heavy atom. The van der Waals surface area contributed by atoms with Gasteiger partial charge in [0.25, 0.3) is 0 Å². The van der Waals surface area contributed by atoms with Crippen molar-refractivity contribution in [3.05, 3.63) is 94.3 Å². The number of carbonyl (C=O) groups excluding carboxylic acids is 1. The molecule has 0 fully saturated rings. The zero-order chi connectivity index (χ0) is 25.3. The number of hydrogen-bond acceptors (Lipinski definition) is 6. The molecule has 0 amide bonds. The fourth-order valence-corrected chi connectivity index (χ4v) is 3.72. The van der Waals surface area contributed by atoms with Gasteiger partial charge < -0.3 is 18.6 Å². The van der Waals surface area contributed by atoms with Crippen molar-refractivity contribution in [1.82, 2.24) is 0 Å². The molecule has 0 radical (unpaired) electrons. The van der Waals surface area contributed by atoms with Crippen LogP contribution in [0.1, 0.15) is 55.5 Å². The van der Waals surface area contributed by atoms with E-state index in [1.807, 2.05) is 24.3 Å². The van der Waals surface area contributed by atoms with Crippen molar-refractivity contribution < 1.29 is 23.4 Å². The predicted octanol–water partition coefficient (Wildman–Crippen LogP) is 7.33. The van der Waals surface area contributed by atoms with Gasteiger partial charge >= 0.3 is 5.97 Å². The Morgan fingerprint density at radius 2 is 1.56 bits per heavy atom. The number of fused-ring (bicyclic) bond motifs is 1. The summed E-state index contributed by atoms with van der Waals surface area (Å²) >= 11 is 0. The standard InChI is InChI=1S/C30H30O6/c1-3-5-6-7-18-33-23-14-10-22(11-15-23)30(32)36-25-16-17-26-27(19-25)34-20-28(29(26)31)35-24-12-8-21(4-2)9-13-24/h8-17,19-20H,3-7,18H2,1-2H3. The highest BCUT2D eigenvalue weighted by Gasteiger charge is 2.13. The fraction of sp³-hybridized carbons (Fsp3) is 0.267. The first-order valence-electron chi connectivity index (χ1n) is 12.3. The minimum atomic E-state index is -0.512. The number of carbonyl (C=O) groups is 1. The van der Waals surface area contributed by atoms with Crippen LogP contribution in [0.4, 0.5) is 0 Å². The highest BCUT2D eigenvalue weighted by molar-refractivity contribution is 5.91. The smallest absolute Gasteiger partial charge is 0.343 e. The third kappa shape index (κ3) is 6.33. The number of benzene rings is 3. The molecular weight excluding hydrogens is 456 g/mol. The van der Waals surface area contributed by atoms with Gasteiger partial charge in [-0.1, -0.05) is 45.2 Å². The van der Waals surface area contributed by atoms with E-state index in [1.165, 1.54) is 30.7 Å². The Hall–Kier alpha value is -4.06. The van der Waals surface area contributed by atoms with Gasteiger partial charge in [0.05, 0.1) is 17.6 Å². The van der Waals surface area contributed by atoms with Crippen molar-refractivity contribution in [2.45, 2.75) is 46.0 Å². The van der Waals surface area contributed by atoms with Gasteiger partial charge in [0.1, 0.15) is 29.1 Å².